The number of piperazine rings is 1. The van der Waals surface area contributed by atoms with E-state index < -0.39 is 5.60 Å². The number of piperidine rings is 1. The van der Waals surface area contributed by atoms with Crippen molar-refractivity contribution in [3.63, 3.8) is 0 Å². The van der Waals surface area contributed by atoms with Crippen molar-refractivity contribution >= 4 is 6.09 Å². The molecule has 26 heavy (non-hydrogen) atoms. The van der Waals surface area contributed by atoms with Gasteiger partial charge in [0, 0.05) is 52.4 Å². The van der Waals surface area contributed by atoms with E-state index >= 15 is 0 Å². The van der Waals surface area contributed by atoms with Crippen LogP contribution in [0.4, 0.5) is 4.79 Å². The SMILES string of the molecule is CC(C)(C)OC(=O)N1CCC(CN2CCN(CCOCCO)CC2)CC1. The van der Waals surface area contributed by atoms with Crippen LogP contribution in [0.1, 0.15) is 33.6 Å². The fourth-order valence-electron chi connectivity index (χ4n) is 3.55. The predicted octanol–water partition coefficient (Wildman–Crippen LogP) is 1.26. The summed E-state index contributed by atoms with van der Waals surface area (Å²) in [5.41, 5.74) is -0.420. The molecule has 0 aliphatic carbocycles. The van der Waals surface area contributed by atoms with E-state index in [1.54, 1.807) is 0 Å². The molecule has 2 fully saturated rings. The van der Waals surface area contributed by atoms with Gasteiger partial charge in [0.05, 0.1) is 19.8 Å². The zero-order valence-corrected chi connectivity index (χ0v) is 16.8. The minimum absolute atomic E-state index is 0.0977. The molecule has 0 saturated carbocycles. The summed E-state index contributed by atoms with van der Waals surface area (Å²) in [6.07, 6.45) is 1.95. The summed E-state index contributed by atoms with van der Waals surface area (Å²) >= 11 is 0. The summed E-state index contributed by atoms with van der Waals surface area (Å²) in [4.78, 5) is 19.0. The Balaban J connectivity index is 1.59. The number of aliphatic hydroxyl groups excluding tert-OH is 1. The Kier molecular flexibility index (Phi) is 8.60. The number of nitrogens with zero attached hydrogens (tertiary/aromatic N) is 3. The van der Waals surface area contributed by atoms with Crippen molar-refractivity contribution in [1.29, 1.82) is 0 Å². The lowest BCUT2D eigenvalue weighted by atomic mass is 9.96. The van der Waals surface area contributed by atoms with Crippen molar-refractivity contribution < 1.29 is 19.4 Å². The van der Waals surface area contributed by atoms with Crippen LogP contribution in [-0.4, -0.2) is 104 Å². The molecule has 0 aromatic heterocycles. The molecule has 2 heterocycles. The standard InChI is InChI=1S/C19H37N3O4/c1-19(2,3)26-18(24)22-6-4-17(5-7-22)16-21-10-8-20(9-11-21)12-14-25-15-13-23/h17,23H,4-16H2,1-3H3. The minimum atomic E-state index is -0.420. The molecule has 2 rings (SSSR count). The van der Waals surface area contributed by atoms with Crippen LogP contribution in [0.25, 0.3) is 0 Å². The lowest BCUT2D eigenvalue weighted by Gasteiger charge is -2.39. The molecule has 0 unspecified atom stereocenters. The minimum Gasteiger partial charge on any atom is -0.444 e. The molecule has 2 aliphatic heterocycles. The monoisotopic (exact) mass is 371 g/mol. The molecule has 0 aromatic rings. The van der Waals surface area contributed by atoms with Crippen LogP contribution in [0.3, 0.4) is 0 Å². The van der Waals surface area contributed by atoms with Crippen LogP contribution >= 0.6 is 0 Å². The quantitative estimate of drug-likeness (QED) is 0.680. The molecule has 2 saturated heterocycles. The van der Waals surface area contributed by atoms with Gasteiger partial charge in [-0.05, 0) is 39.5 Å². The summed E-state index contributed by atoms with van der Waals surface area (Å²) in [6.45, 7) is 15.0. The van der Waals surface area contributed by atoms with Crippen LogP contribution in [-0.2, 0) is 9.47 Å². The largest absolute Gasteiger partial charge is 0.444 e. The molecule has 2 aliphatic rings. The fourth-order valence-corrected chi connectivity index (χ4v) is 3.55. The smallest absolute Gasteiger partial charge is 0.410 e. The number of ether oxygens (including phenoxy) is 2. The average Bonchev–Trinajstić information content (AvgIpc) is 2.59. The second kappa shape index (κ2) is 10.4. The summed E-state index contributed by atoms with van der Waals surface area (Å²) in [5.74, 6) is 0.674. The molecule has 0 spiro atoms. The van der Waals surface area contributed by atoms with E-state index in [4.69, 9.17) is 14.6 Å². The first-order valence-electron chi connectivity index (χ1n) is 9.98. The Bertz CT molecular complexity index is 411. The van der Waals surface area contributed by atoms with Crippen LogP contribution in [0.15, 0.2) is 0 Å². The summed E-state index contributed by atoms with van der Waals surface area (Å²) in [7, 11) is 0. The van der Waals surface area contributed by atoms with E-state index in [0.717, 1.165) is 65.2 Å². The highest BCUT2D eigenvalue weighted by Crippen LogP contribution is 2.21. The maximum absolute atomic E-state index is 12.1. The molecule has 7 heteroatoms. The third kappa shape index (κ3) is 7.78. The van der Waals surface area contributed by atoms with Crippen molar-refractivity contribution in [1.82, 2.24) is 14.7 Å². The van der Waals surface area contributed by atoms with Gasteiger partial charge in [-0.1, -0.05) is 0 Å². The lowest BCUT2D eigenvalue weighted by molar-refractivity contribution is 0.0153. The van der Waals surface area contributed by atoms with Crippen LogP contribution < -0.4 is 0 Å². The van der Waals surface area contributed by atoms with Gasteiger partial charge in [0.25, 0.3) is 0 Å². The van der Waals surface area contributed by atoms with Gasteiger partial charge < -0.3 is 24.4 Å². The van der Waals surface area contributed by atoms with Crippen molar-refractivity contribution in [2.45, 2.75) is 39.2 Å². The Morgan fingerprint density at radius 3 is 2.19 bits per heavy atom. The Hall–Kier alpha value is -0.890. The van der Waals surface area contributed by atoms with Crippen LogP contribution in [0.5, 0.6) is 0 Å². The maximum atomic E-state index is 12.1. The van der Waals surface area contributed by atoms with E-state index in [2.05, 4.69) is 9.80 Å². The van der Waals surface area contributed by atoms with Crippen molar-refractivity contribution in [2.24, 2.45) is 5.92 Å². The molecule has 152 valence electrons. The molecule has 7 nitrogen and oxygen atoms in total. The highest BCUT2D eigenvalue weighted by molar-refractivity contribution is 5.68. The number of rotatable bonds is 7. The second-order valence-electron chi connectivity index (χ2n) is 8.39. The zero-order valence-electron chi connectivity index (χ0n) is 16.8. The predicted molar refractivity (Wildman–Crippen MR) is 101 cm³/mol. The lowest BCUT2D eigenvalue weighted by Crippen LogP contribution is -2.50. The number of likely N-dealkylation sites (tertiary alicyclic amines) is 1. The first-order chi connectivity index (χ1) is 12.4. The third-order valence-electron chi connectivity index (χ3n) is 5.04. The third-order valence-corrected chi connectivity index (χ3v) is 5.04. The van der Waals surface area contributed by atoms with Crippen LogP contribution in [0, 0.1) is 5.92 Å². The van der Waals surface area contributed by atoms with Crippen molar-refractivity contribution in [3.05, 3.63) is 0 Å². The summed E-state index contributed by atoms with van der Waals surface area (Å²) in [5, 5.41) is 8.72. The summed E-state index contributed by atoms with van der Waals surface area (Å²) in [6, 6.07) is 0. The van der Waals surface area contributed by atoms with Gasteiger partial charge in [-0.3, -0.25) is 4.90 Å². The molecular weight excluding hydrogens is 334 g/mol. The molecular formula is C19H37N3O4. The van der Waals surface area contributed by atoms with E-state index in [9.17, 15) is 4.79 Å². The van der Waals surface area contributed by atoms with Gasteiger partial charge in [0.1, 0.15) is 5.60 Å². The Labute approximate surface area is 158 Å². The zero-order chi connectivity index (χ0) is 19.0. The van der Waals surface area contributed by atoms with Gasteiger partial charge in [0.2, 0.25) is 0 Å². The fraction of sp³-hybridized carbons (Fsp3) is 0.947. The van der Waals surface area contributed by atoms with Gasteiger partial charge in [-0.2, -0.15) is 0 Å². The van der Waals surface area contributed by atoms with E-state index in [1.807, 2.05) is 25.7 Å². The van der Waals surface area contributed by atoms with E-state index in [0.29, 0.717) is 19.1 Å². The number of amides is 1. The van der Waals surface area contributed by atoms with Crippen molar-refractivity contribution in [3.8, 4) is 0 Å². The van der Waals surface area contributed by atoms with E-state index in [-0.39, 0.29) is 12.7 Å². The normalized spacial score (nSPS) is 21.2. The molecule has 0 atom stereocenters. The van der Waals surface area contributed by atoms with Crippen LogP contribution in [0.2, 0.25) is 0 Å². The number of hydrogen-bond donors (Lipinski definition) is 1. The number of hydrogen-bond acceptors (Lipinski definition) is 6. The highest BCUT2D eigenvalue weighted by Gasteiger charge is 2.28. The second-order valence-corrected chi connectivity index (χ2v) is 8.39. The molecule has 1 amide bonds. The topological polar surface area (TPSA) is 65.5 Å². The molecule has 1 N–H and O–H groups in total. The first-order valence-corrected chi connectivity index (χ1v) is 9.98. The van der Waals surface area contributed by atoms with Gasteiger partial charge in [0.15, 0.2) is 0 Å². The average molecular weight is 372 g/mol. The van der Waals surface area contributed by atoms with Gasteiger partial charge >= 0.3 is 6.09 Å². The number of aliphatic hydroxyl groups is 1. The molecule has 0 radical (unpaired) electrons. The molecule has 0 aromatic carbocycles. The molecule has 0 bridgehead atoms. The highest BCUT2D eigenvalue weighted by atomic mass is 16.6. The maximum Gasteiger partial charge on any atom is 0.410 e. The van der Waals surface area contributed by atoms with E-state index in [1.165, 1.54) is 0 Å². The first kappa shape index (κ1) is 21.4. The van der Waals surface area contributed by atoms with Crippen molar-refractivity contribution in [2.75, 3.05) is 72.2 Å². The van der Waals surface area contributed by atoms with Gasteiger partial charge in [-0.15, -0.1) is 0 Å². The Morgan fingerprint density at radius 1 is 1.00 bits per heavy atom. The number of carbonyl (C=O) groups is 1. The number of carbonyl (C=O) groups excluding carboxylic acids is 1. The van der Waals surface area contributed by atoms with Gasteiger partial charge in [-0.25, -0.2) is 4.79 Å². The summed E-state index contributed by atoms with van der Waals surface area (Å²) < 4.78 is 10.8. The Morgan fingerprint density at radius 2 is 1.62 bits per heavy atom.